The molecule has 0 saturated carbocycles. The number of hydrogen-bond acceptors (Lipinski definition) is 5. The van der Waals surface area contributed by atoms with E-state index in [1.165, 1.54) is 29.5 Å². The third-order valence-corrected chi connectivity index (χ3v) is 4.87. The molecule has 0 aliphatic carbocycles. The molecule has 0 spiro atoms. The van der Waals surface area contributed by atoms with Crippen molar-refractivity contribution >= 4 is 28.3 Å². The Hall–Kier alpha value is -3.57. The molecule has 0 bridgehead atoms. The maximum Gasteiger partial charge on any atom is 0.245 e. The summed E-state index contributed by atoms with van der Waals surface area (Å²) in [4.78, 5) is 29.0. The lowest BCUT2D eigenvalue weighted by atomic mass is 10.1. The number of hydrogen-bond donors (Lipinski definition) is 2. The van der Waals surface area contributed by atoms with E-state index in [1.807, 2.05) is 12.1 Å². The van der Waals surface area contributed by atoms with Gasteiger partial charge in [0.15, 0.2) is 5.13 Å². The number of thiazole rings is 1. The van der Waals surface area contributed by atoms with Crippen LogP contribution in [0, 0.1) is 17.1 Å². The van der Waals surface area contributed by atoms with Gasteiger partial charge in [-0.05, 0) is 35.4 Å². The first kappa shape index (κ1) is 20.2. The second kappa shape index (κ2) is 9.57. The average Bonchev–Trinajstić information content (AvgIpc) is 3.13. The topological polar surface area (TPSA) is 94.9 Å². The number of carbonyl (C=O) groups is 2. The molecular formula is C21H17FN4O2S. The van der Waals surface area contributed by atoms with Crippen LogP contribution in [0.3, 0.4) is 0 Å². The van der Waals surface area contributed by atoms with Gasteiger partial charge in [0.05, 0.1) is 24.6 Å². The van der Waals surface area contributed by atoms with Crippen molar-refractivity contribution in [3.8, 4) is 6.07 Å². The molecule has 2 N–H and O–H groups in total. The van der Waals surface area contributed by atoms with E-state index in [0.717, 1.165) is 10.4 Å². The molecule has 1 heterocycles. The number of nitrogens with zero attached hydrogens (tertiary/aromatic N) is 2. The van der Waals surface area contributed by atoms with Gasteiger partial charge in [-0.2, -0.15) is 5.26 Å². The Kier molecular flexibility index (Phi) is 6.66. The highest BCUT2D eigenvalue weighted by molar-refractivity contribution is 7.15. The van der Waals surface area contributed by atoms with Gasteiger partial charge in [-0.25, -0.2) is 9.37 Å². The number of carbonyl (C=O) groups excluding carboxylic acids is 2. The molecule has 0 aliphatic heterocycles. The quantitative estimate of drug-likeness (QED) is 0.628. The van der Waals surface area contributed by atoms with E-state index in [-0.39, 0.29) is 18.9 Å². The van der Waals surface area contributed by atoms with E-state index in [2.05, 4.69) is 21.7 Å². The maximum absolute atomic E-state index is 13.1. The second-order valence-electron chi connectivity index (χ2n) is 6.25. The van der Waals surface area contributed by atoms with Crippen molar-refractivity contribution in [1.82, 2.24) is 10.3 Å². The predicted molar refractivity (Wildman–Crippen MR) is 108 cm³/mol. The van der Waals surface area contributed by atoms with Gasteiger partial charge in [-0.3, -0.25) is 9.59 Å². The smallest absolute Gasteiger partial charge is 0.245 e. The molecule has 146 valence electrons. The van der Waals surface area contributed by atoms with Crippen LogP contribution < -0.4 is 10.6 Å². The van der Waals surface area contributed by atoms with Crippen molar-refractivity contribution in [3.05, 3.63) is 82.1 Å². The van der Waals surface area contributed by atoms with Gasteiger partial charge >= 0.3 is 0 Å². The van der Waals surface area contributed by atoms with Crippen molar-refractivity contribution in [2.75, 3.05) is 11.9 Å². The molecule has 3 aromatic rings. The Morgan fingerprint density at radius 1 is 1.10 bits per heavy atom. The molecular weight excluding hydrogens is 391 g/mol. The number of amides is 2. The Bertz CT molecular complexity index is 1060. The molecule has 2 aromatic carbocycles. The number of benzene rings is 2. The fourth-order valence-electron chi connectivity index (χ4n) is 2.58. The average molecular weight is 408 g/mol. The maximum atomic E-state index is 13.1. The second-order valence-corrected chi connectivity index (χ2v) is 7.36. The minimum absolute atomic E-state index is 0.00295. The minimum atomic E-state index is -0.409. The van der Waals surface area contributed by atoms with Crippen LogP contribution in [-0.4, -0.2) is 23.3 Å². The normalized spacial score (nSPS) is 10.2. The lowest BCUT2D eigenvalue weighted by molar-refractivity contribution is -0.123. The summed E-state index contributed by atoms with van der Waals surface area (Å²) < 4.78 is 13.1. The first-order chi connectivity index (χ1) is 14.0. The predicted octanol–water partition coefficient (Wildman–Crippen LogP) is 3.04. The van der Waals surface area contributed by atoms with E-state index in [4.69, 9.17) is 5.26 Å². The number of nitrogens with one attached hydrogen (secondary N) is 2. The summed E-state index contributed by atoms with van der Waals surface area (Å²) in [7, 11) is 0. The summed E-state index contributed by atoms with van der Waals surface area (Å²) >= 11 is 1.34. The van der Waals surface area contributed by atoms with Crippen molar-refractivity contribution in [2.24, 2.45) is 0 Å². The largest absolute Gasteiger partial charge is 0.347 e. The standard InChI is InChI=1S/C21H17FN4O2S/c22-17-3-1-2-16(8-17)10-19(27)24-13-20(28)26-21-25-12-18(29-21)9-14-4-6-15(11-23)7-5-14/h1-8,12H,9-10,13H2,(H,24,27)(H,25,26,28). The number of halogens is 1. The van der Waals surface area contributed by atoms with E-state index in [1.54, 1.807) is 24.4 Å². The first-order valence-electron chi connectivity index (χ1n) is 8.76. The molecule has 2 amide bonds. The van der Waals surface area contributed by atoms with Gasteiger partial charge in [0, 0.05) is 17.5 Å². The summed E-state index contributed by atoms with van der Waals surface area (Å²) in [5.41, 5.74) is 2.18. The first-order valence-corrected chi connectivity index (χ1v) is 9.58. The van der Waals surface area contributed by atoms with Crippen LogP contribution in [0.5, 0.6) is 0 Å². The highest BCUT2D eigenvalue weighted by Crippen LogP contribution is 2.21. The molecule has 1 aromatic heterocycles. The van der Waals surface area contributed by atoms with Gasteiger partial charge < -0.3 is 10.6 Å². The Labute approximate surface area is 171 Å². The van der Waals surface area contributed by atoms with Crippen LogP contribution in [0.15, 0.2) is 54.7 Å². The van der Waals surface area contributed by atoms with Crippen LogP contribution >= 0.6 is 11.3 Å². The van der Waals surface area contributed by atoms with E-state index < -0.39 is 11.7 Å². The van der Waals surface area contributed by atoms with Crippen LogP contribution in [0.2, 0.25) is 0 Å². The molecule has 0 radical (unpaired) electrons. The van der Waals surface area contributed by atoms with Gasteiger partial charge in [-0.1, -0.05) is 24.3 Å². The Morgan fingerprint density at radius 3 is 2.62 bits per heavy atom. The third-order valence-electron chi connectivity index (χ3n) is 3.96. The third kappa shape index (κ3) is 6.23. The zero-order chi connectivity index (χ0) is 20.6. The number of anilines is 1. The van der Waals surface area contributed by atoms with Gasteiger partial charge in [0.25, 0.3) is 0 Å². The number of aromatic nitrogens is 1. The molecule has 0 unspecified atom stereocenters. The molecule has 0 saturated heterocycles. The number of rotatable bonds is 7. The highest BCUT2D eigenvalue weighted by atomic mass is 32.1. The Balaban J connectivity index is 1.45. The molecule has 6 nitrogen and oxygen atoms in total. The van der Waals surface area contributed by atoms with Crippen LogP contribution in [0.25, 0.3) is 0 Å². The minimum Gasteiger partial charge on any atom is -0.347 e. The van der Waals surface area contributed by atoms with Crippen molar-refractivity contribution in [2.45, 2.75) is 12.8 Å². The number of nitriles is 1. The lowest BCUT2D eigenvalue weighted by Gasteiger charge is -2.05. The summed E-state index contributed by atoms with van der Waals surface area (Å²) in [6.45, 7) is -0.196. The zero-order valence-electron chi connectivity index (χ0n) is 15.3. The summed E-state index contributed by atoms with van der Waals surface area (Å²) in [5.74, 6) is -1.17. The lowest BCUT2D eigenvalue weighted by Crippen LogP contribution is -2.33. The fourth-order valence-corrected chi connectivity index (χ4v) is 3.45. The van der Waals surface area contributed by atoms with E-state index >= 15 is 0 Å². The molecule has 0 aliphatic rings. The Morgan fingerprint density at radius 2 is 1.90 bits per heavy atom. The zero-order valence-corrected chi connectivity index (χ0v) is 16.1. The van der Waals surface area contributed by atoms with E-state index in [0.29, 0.717) is 22.7 Å². The van der Waals surface area contributed by atoms with Crippen molar-refractivity contribution in [3.63, 3.8) is 0 Å². The highest BCUT2D eigenvalue weighted by Gasteiger charge is 2.10. The SMILES string of the molecule is N#Cc1ccc(Cc2cnc(NC(=O)CNC(=O)Cc3cccc(F)c3)s2)cc1. The monoisotopic (exact) mass is 408 g/mol. The van der Waals surface area contributed by atoms with Crippen LogP contribution in [0.4, 0.5) is 9.52 Å². The van der Waals surface area contributed by atoms with Crippen LogP contribution in [-0.2, 0) is 22.4 Å². The summed E-state index contributed by atoms with van der Waals surface area (Å²) in [6.07, 6.45) is 2.32. The van der Waals surface area contributed by atoms with E-state index in [9.17, 15) is 14.0 Å². The van der Waals surface area contributed by atoms with Crippen molar-refractivity contribution < 1.29 is 14.0 Å². The van der Waals surface area contributed by atoms with Crippen LogP contribution in [0.1, 0.15) is 21.6 Å². The van der Waals surface area contributed by atoms with Crippen molar-refractivity contribution in [1.29, 1.82) is 5.26 Å². The molecule has 0 fully saturated rings. The fraction of sp³-hybridized carbons (Fsp3) is 0.143. The summed E-state index contributed by atoms with van der Waals surface area (Å²) in [5, 5.41) is 14.4. The van der Waals surface area contributed by atoms with Gasteiger partial charge in [-0.15, -0.1) is 11.3 Å². The molecule has 3 rings (SSSR count). The summed E-state index contributed by atoms with van der Waals surface area (Å²) in [6, 6.07) is 15.1. The van der Waals surface area contributed by atoms with Gasteiger partial charge in [0.1, 0.15) is 5.82 Å². The molecule has 8 heteroatoms. The van der Waals surface area contributed by atoms with Gasteiger partial charge in [0.2, 0.25) is 11.8 Å². The molecule has 29 heavy (non-hydrogen) atoms. The molecule has 0 atom stereocenters.